The highest BCUT2D eigenvalue weighted by molar-refractivity contribution is 5.97. The first-order chi connectivity index (χ1) is 31.8. The molecule has 4 nitrogen and oxygen atoms in total. The SMILES string of the molecule is [2H]C(C)(C)c1cc(-n2c(-c3cc(C(C)C)cc(C(C)C)c3O)nc3c(-c4cc(-c5cc(-c6ccc(C(C)(C)C)cc6)ccn5)cc(C(C)(C)C)c4)cccc32)ccc1-c1ccccc1C(C)(C)C. The van der Waals surface area contributed by atoms with Crippen LogP contribution in [0.4, 0.5) is 0 Å². The molecule has 67 heavy (non-hydrogen) atoms. The van der Waals surface area contributed by atoms with Gasteiger partial charge in [0.1, 0.15) is 11.6 Å². The van der Waals surface area contributed by atoms with Crippen molar-refractivity contribution in [2.75, 3.05) is 0 Å². The molecule has 0 saturated carbocycles. The van der Waals surface area contributed by atoms with E-state index >= 15 is 0 Å². The van der Waals surface area contributed by atoms with Crippen LogP contribution < -0.4 is 0 Å². The molecule has 8 aromatic rings. The summed E-state index contributed by atoms with van der Waals surface area (Å²) < 4.78 is 11.8. The molecule has 1 N–H and O–H groups in total. The highest BCUT2D eigenvalue weighted by atomic mass is 16.3. The van der Waals surface area contributed by atoms with Crippen molar-refractivity contribution in [1.29, 1.82) is 0 Å². The molecule has 2 heterocycles. The van der Waals surface area contributed by atoms with E-state index < -0.39 is 5.89 Å². The molecule has 0 atom stereocenters. The normalized spacial score (nSPS) is 12.9. The largest absolute Gasteiger partial charge is 0.507 e. The van der Waals surface area contributed by atoms with Gasteiger partial charge in [-0.1, -0.05) is 183 Å². The van der Waals surface area contributed by atoms with E-state index in [4.69, 9.17) is 9.97 Å². The van der Waals surface area contributed by atoms with Crippen LogP contribution in [0.3, 0.4) is 0 Å². The number of phenolic OH excluding ortho intramolecular Hbond substituents is 1. The van der Waals surface area contributed by atoms with Gasteiger partial charge in [-0.3, -0.25) is 9.55 Å². The molecule has 0 aliphatic carbocycles. The van der Waals surface area contributed by atoms with Crippen molar-refractivity contribution in [1.82, 2.24) is 14.5 Å². The predicted octanol–water partition coefficient (Wildman–Crippen LogP) is 17.7. The van der Waals surface area contributed by atoms with E-state index in [9.17, 15) is 6.48 Å². The number of imidazole rings is 1. The maximum absolute atomic E-state index is 12.3. The monoisotopic (exact) mass is 887 g/mol. The number of rotatable bonds is 9. The topological polar surface area (TPSA) is 50.9 Å². The Bertz CT molecular complexity index is 3160. The van der Waals surface area contributed by atoms with Crippen LogP contribution in [0, 0.1) is 0 Å². The molecule has 0 aliphatic heterocycles. The Kier molecular flexibility index (Phi) is 12.2. The van der Waals surface area contributed by atoms with Crippen molar-refractivity contribution in [3.63, 3.8) is 0 Å². The fourth-order valence-electron chi connectivity index (χ4n) is 9.38. The third-order valence-electron chi connectivity index (χ3n) is 13.5. The molecule has 6 aromatic carbocycles. The second kappa shape index (κ2) is 17.8. The Hall–Kier alpha value is -6.26. The molecular weight excluding hydrogens is 815 g/mol. The minimum Gasteiger partial charge on any atom is -0.507 e. The zero-order chi connectivity index (χ0) is 49.2. The van der Waals surface area contributed by atoms with Crippen LogP contribution in [0.5, 0.6) is 5.75 Å². The van der Waals surface area contributed by atoms with Crippen LogP contribution >= 0.6 is 0 Å². The third kappa shape index (κ3) is 9.38. The van der Waals surface area contributed by atoms with Crippen molar-refractivity contribution in [2.45, 2.75) is 138 Å². The predicted molar refractivity (Wildman–Crippen MR) is 286 cm³/mol. The quantitative estimate of drug-likeness (QED) is 0.157. The van der Waals surface area contributed by atoms with Gasteiger partial charge in [-0.15, -0.1) is 0 Å². The Morgan fingerprint density at radius 3 is 1.84 bits per heavy atom. The highest BCUT2D eigenvalue weighted by Crippen LogP contribution is 2.45. The number of nitrogens with zero attached hydrogens (tertiary/aromatic N) is 3. The van der Waals surface area contributed by atoms with Gasteiger partial charge < -0.3 is 5.11 Å². The Balaban J connectivity index is 1.40. The molecule has 0 aliphatic rings. The van der Waals surface area contributed by atoms with Gasteiger partial charge >= 0.3 is 0 Å². The van der Waals surface area contributed by atoms with Crippen molar-refractivity contribution < 1.29 is 6.48 Å². The lowest BCUT2D eigenvalue weighted by Crippen LogP contribution is -2.13. The molecule has 0 fully saturated rings. The number of aromatic nitrogens is 3. The number of pyridine rings is 1. The highest BCUT2D eigenvalue weighted by Gasteiger charge is 2.27. The summed E-state index contributed by atoms with van der Waals surface area (Å²) in [6, 6.07) is 45.9. The number of hydrogen-bond donors (Lipinski definition) is 1. The van der Waals surface area contributed by atoms with Gasteiger partial charge in [0.2, 0.25) is 0 Å². The van der Waals surface area contributed by atoms with Gasteiger partial charge in [0, 0.05) is 24.4 Å². The molecule has 0 unspecified atom stereocenters. The van der Waals surface area contributed by atoms with Crippen LogP contribution in [0.25, 0.3) is 72.7 Å². The Morgan fingerprint density at radius 1 is 0.522 bits per heavy atom. The molecule has 0 spiro atoms. The molecule has 8 rings (SSSR count). The van der Waals surface area contributed by atoms with Gasteiger partial charge in [0.25, 0.3) is 0 Å². The summed E-state index contributed by atoms with van der Waals surface area (Å²) in [5.74, 6) is 0.285. The second-order valence-corrected chi connectivity index (χ2v) is 22.6. The van der Waals surface area contributed by atoms with E-state index in [1.54, 1.807) is 0 Å². The summed E-state index contributed by atoms with van der Waals surface area (Å²) in [5, 5.41) is 12.3. The number of hydrogen-bond acceptors (Lipinski definition) is 3. The van der Waals surface area contributed by atoms with E-state index in [0.29, 0.717) is 11.4 Å². The van der Waals surface area contributed by atoms with Crippen LogP contribution in [0.15, 0.2) is 134 Å². The van der Waals surface area contributed by atoms with E-state index in [0.717, 1.165) is 78.0 Å². The van der Waals surface area contributed by atoms with E-state index in [2.05, 4.69) is 222 Å². The first kappa shape index (κ1) is 45.9. The maximum Gasteiger partial charge on any atom is 0.149 e. The second-order valence-electron chi connectivity index (χ2n) is 22.6. The zero-order valence-corrected chi connectivity index (χ0v) is 42.6. The number of aromatic hydroxyl groups is 1. The molecule has 0 amide bonds. The fourth-order valence-corrected chi connectivity index (χ4v) is 9.38. The first-order valence-corrected chi connectivity index (χ1v) is 24.2. The van der Waals surface area contributed by atoms with Crippen LogP contribution in [-0.4, -0.2) is 19.6 Å². The molecule has 2 aromatic heterocycles. The smallest absolute Gasteiger partial charge is 0.149 e. The summed E-state index contributed by atoms with van der Waals surface area (Å²) >= 11 is 0. The third-order valence-corrected chi connectivity index (χ3v) is 13.5. The lowest BCUT2D eigenvalue weighted by Gasteiger charge is -2.25. The summed E-state index contributed by atoms with van der Waals surface area (Å²) in [6.45, 7) is 32.9. The lowest BCUT2D eigenvalue weighted by molar-refractivity contribution is 0.466. The average Bonchev–Trinajstić information content (AvgIpc) is 3.67. The van der Waals surface area contributed by atoms with Crippen LogP contribution in [-0.2, 0) is 16.2 Å². The van der Waals surface area contributed by atoms with Crippen molar-refractivity contribution >= 4 is 11.0 Å². The van der Waals surface area contributed by atoms with Gasteiger partial charge in [-0.2, -0.15) is 0 Å². The van der Waals surface area contributed by atoms with E-state index in [1.807, 2.05) is 20.0 Å². The Labute approximate surface area is 402 Å². The summed E-state index contributed by atoms with van der Waals surface area (Å²) in [6.07, 6.45) is 1.92. The molecular formula is C63H71N3O. The number of benzene rings is 6. The molecule has 4 heteroatoms. The molecule has 0 radical (unpaired) electrons. The molecule has 0 saturated heterocycles. The van der Waals surface area contributed by atoms with Gasteiger partial charge in [0.15, 0.2) is 0 Å². The van der Waals surface area contributed by atoms with Crippen LogP contribution in [0.2, 0.25) is 0 Å². The summed E-state index contributed by atoms with van der Waals surface area (Å²) in [5.41, 5.74) is 18.3. The fraction of sp³-hybridized carbons (Fsp3) is 0.333. The van der Waals surface area contributed by atoms with Crippen molar-refractivity contribution in [2.24, 2.45) is 0 Å². The summed E-state index contributed by atoms with van der Waals surface area (Å²) in [7, 11) is 0. The minimum atomic E-state index is -0.937. The standard InChI is InChI=1S/C63H71N3O/c1-38(2)43-34-53(40(5)6)59(67)54(35-43)60-65-58-49(20-18-22-57(58)66(60)48-27-28-50(52(37-48)39(3)4)51-19-16-17-21-55(51)63(13,14)15)44-31-45(33-47(32-44)62(10,11)12)56-36-42(29-30-64-56)41-23-25-46(26-24-41)61(7,8)9/h16-40,67H,1-15H3/i39D. The zero-order valence-electron chi connectivity index (χ0n) is 43.6. The van der Waals surface area contributed by atoms with Gasteiger partial charge in [-0.05, 0) is 144 Å². The van der Waals surface area contributed by atoms with Crippen molar-refractivity contribution in [3.05, 3.63) is 167 Å². The number of para-hydroxylation sites is 1. The number of fused-ring (bicyclic) bond motifs is 1. The summed E-state index contributed by atoms with van der Waals surface area (Å²) in [4.78, 5) is 10.6. The number of phenols is 1. The molecule has 344 valence electrons. The van der Waals surface area contributed by atoms with Crippen LogP contribution in [0.1, 0.15) is 156 Å². The molecule has 0 bridgehead atoms. The average molecular weight is 887 g/mol. The first-order valence-electron chi connectivity index (χ1n) is 24.7. The lowest BCUT2D eigenvalue weighted by atomic mass is 9.80. The Morgan fingerprint density at radius 2 is 1.19 bits per heavy atom. The van der Waals surface area contributed by atoms with E-state index in [1.165, 1.54) is 16.7 Å². The maximum atomic E-state index is 12.3. The van der Waals surface area contributed by atoms with Gasteiger partial charge in [-0.25, -0.2) is 4.98 Å². The van der Waals surface area contributed by atoms with Crippen molar-refractivity contribution in [3.8, 4) is 67.5 Å². The van der Waals surface area contributed by atoms with E-state index in [-0.39, 0.29) is 33.8 Å². The minimum absolute atomic E-state index is 0.0754. The van der Waals surface area contributed by atoms with Gasteiger partial charge in [0.05, 0.1) is 22.3 Å².